The third-order valence-corrected chi connectivity index (χ3v) is 5.72. The zero-order valence-electron chi connectivity index (χ0n) is 17.8. The molecule has 1 heterocycles. The zero-order chi connectivity index (χ0) is 21.3. The smallest absolute Gasteiger partial charge is 0.350 e. The standard InChI is InChI=1S/C23H29N3O3/c1-14-15(2)22-20(16(3)21(14)27)9-10-23(5,29-22)26(28)13-19-8-6-7-18(11-19)12-25-17(4)24/h6-8,11,13H,9-10,12H2,1-5H3,(H3-,24,25,27,28)/p+1/b26-13-. The first kappa shape index (κ1) is 20.7. The summed E-state index contributed by atoms with van der Waals surface area (Å²) in [7, 11) is 0. The van der Waals surface area contributed by atoms with E-state index in [1.807, 2.05) is 52.0 Å². The van der Waals surface area contributed by atoms with Crippen LogP contribution in [0.1, 0.15) is 53.6 Å². The Balaban J connectivity index is 1.92. The maximum Gasteiger partial charge on any atom is 0.350 e. The largest absolute Gasteiger partial charge is 0.507 e. The molecule has 154 valence electrons. The monoisotopic (exact) mass is 396 g/mol. The lowest BCUT2D eigenvalue weighted by atomic mass is 9.90. The van der Waals surface area contributed by atoms with Gasteiger partial charge in [0, 0.05) is 22.8 Å². The molecule has 0 bridgehead atoms. The highest BCUT2D eigenvalue weighted by Crippen LogP contribution is 2.43. The van der Waals surface area contributed by atoms with Crippen molar-refractivity contribution in [2.45, 2.75) is 59.7 Å². The highest BCUT2D eigenvalue weighted by molar-refractivity contribution is 5.78. The molecule has 0 radical (unpaired) electrons. The molecule has 0 aromatic heterocycles. The van der Waals surface area contributed by atoms with Crippen molar-refractivity contribution in [2.24, 2.45) is 10.7 Å². The summed E-state index contributed by atoms with van der Waals surface area (Å²) < 4.78 is 7.45. The number of phenols is 1. The van der Waals surface area contributed by atoms with Gasteiger partial charge in [0.2, 0.25) is 6.21 Å². The van der Waals surface area contributed by atoms with Crippen LogP contribution in [0.15, 0.2) is 29.3 Å². The molecule has 1 atom stereocenters. The van der Waals surface area contributed by atoms with E-state index in [0.717, 1.165) is 43.9 Å². The Morgan fingerprint density at radius 3 is 2.69 bits per heavy atom. The fourth-order valence-corrected chi connectivity index (χ4v) is 3.66. The molecule has 2 aromatic carbocycles. The van der Waals surface area contributed by atoms with Crippen molar-refractivity contribution in [2.75, 3.05) is 0 Å². The molecule has 1 unspecified atom stereocenters. The number of ether oxygens (including phenoxy) is 1. The first-order valence-electron chi connectivity index (χ1n) is 9.81. The molecular formula is C23H30N3O3+. The number of aromatic hydroxyl groups is 1. The van der Waals surface area contributed by atoms with Crippen molar-refractivity contribution in [1.82, 2.24) is 0 Å². The van der Waals surface area contributed by atoms with Crippen molar-refractivity contribution < 1.29 is 19.8 Å². The van der Waals surface area contributed by atoms with Gasteiger partial charge in [0.1, 0.15) is 11.5 Å². The molecule has 4 N–H and O–H groups in total. The summed E-state index contributed by atoms with van der Waals surface area (Å²) >= 11 is 0. The number of fused-ring (bicyclic) bond motifs is 1. The van der Waals surface area contributed by atoms with Gasteiger partial charge in [0.15, 0.2) is 0 Å². The van der Waals surface area contributed by atoms with Crippen LogP contribution in [0.25, 0.3) is 0 Å². The predicted octanol–water partition coefficient (Wildman–Crippen LogP) is 3.76. The van der Waals surface area contributed by atoms with Crippen LogP contribution in [-0.4, -0.2) is 32.8 Å². The number of hydroxylamine groups is 1. The van der Waals surface area contributed by atoms with Crippen LogP contribution in [0.2, 0.25) is 0 Å². The average Bonchev–Trinajstić information content (AvgIpc) is 2.69. The summed E-state index contributed by atoms with van der Waals surface area (Å²) in [5, 5.41) is 21.2. The van der Waals surface area contributed by atoms with Crippen molar-refractivity contribution in [3.63, 3.8) is 0 Å². The number of benzene rings is 2. The second kappa shape index (κ2) is 7.78. The summed E-state index contributed by atoms with van der Waals surface area (Å²) in [4.78, 5) is 4.24. The third-order valence-electron chi connectivity index (χ3n) is 5.72. The van der Waals surface area contributed by atoms with Crippen molar-refractivity contribution in [1.29, 1.82) is 0 Å². The van der Waals surface area contributed by atoms with Gasteiger partial charge < -0.3 is 15.6 Å². The summed E-state index contributed by atoms with van der Waals surface area (Å²) in [6.07, 6.45) is 2.97. The van der Waals surface area contributed by atoms with Gasteiger partial charge in [0.05, 0.1) is 18.8 Å². The number of nitrogens with zero attached hydrogens (tertiary/aromatic N) is 2. The van der Waals surface area contributed by atoms with Gasteiger partial charge in [-0.15, -0.1) is 0 Å². The lowest BCUT2D eigenvalue weighted by Crippen LogP contribution is -2.47. The minimum Gasteiger partial charge on any atom is -0.507 e. The molecule has 0 saturated heterocycles. The lowest BCUT2D eigenvalue weighted by molar-refractivity contribution is -0.846. The van der Waals surface area contributed by atoms with Crippen LogP contribution >= 0.6 is 0 Å². The molecule has 1 aliphatic heterocycles. The Morgan fingerprint density at radius 1 is 1.28 bits per heavy atom. The third kappa shape index (κ3) is 4.06. The second-order valence-electron chi connectivity index (χ2n) is 7.98. The van der Waals surface area contributed by atoms with Gasteiger partial charge in [-0.25, -0.2) is 0 Å². The van der Waals surface area contributed by atoms with Gasteiger partial charge >= 0.3 is 5.72 Å². The first-order chi connectivity index (χ1) is 13.6. The summed E-state index contributed by atoms with van der Waals surface area (Å²) in [5.41, 5.74) is 10.1. The second-order valence-corrected chi connectivity index (χ2v) is 7.98. The van der Waals surface area contributed by atoms with Gasteiger partial charge in [0.25, 0.3) is 0 Å². The number of rotatable bonds is 4. The Labute approximate surface area is 171 Å². The van der Waals surface area contributed by atoms with Gasteiger partial charge in [-0.05, 0) is 68.5 Å². The molecule has 0 spiro atoms. The fourth-order valence-electron chi connectivity index (χ4n) is 3.66. The van der Waals surface area contributed by atoms with Crippen LogP contribution in [0.5, 0.6) is 11.5 Å². The number of nitrogens with two attached hydrogens (primary N) is 1. The summed E-state index contributed by atoms with van der Waals surface area (Å²) in [6.45, 7) is 9.86. The molecule has 1 aliphatic rings. The van der Waals surface area contributed by atoms with E-state index in [0.29, 0.717) is 31.0 Å². The van der Waals surface area contributed by atoms with Gasteiger partial charge in [-0.2, -0.15) is 0 Å². The molecule has 6 heteroatoms. The normalized spacial score (nSPS) is 19.6. The number of phenolic OH excluding ortho intramolecular Hbond substituents is 1. The van der Waals surface area contributed by atoms with Crippen molar-refractivity contribution >= 4 is 12.1 Å². The number of aliphatic imine (C=N–C) groups is 1. The Hall–Kier alpha value is -3.02. The summed E-state index contributed by atoms with van der Waals surface area (Å²) in [5.74, 6) is 1.62. The fraction of sp³-hybridized carbons (Fsp3) is 0.391. The molecule has 0 fully saturated rings. The Bertz CT molecular complexity index is 1010. The molecule has 3 rings (SSSR count). The molecule has 29 heavy (non-hydrogen) atoms. The lowest BCUT2D eigenvalue weighted by Gasteiger charge is -2.32. The summed E-state index contributed by atoms with van der Waals surface area (Å²) in [6, 6.07) is 7.79. The van der Waals surface area contributed by atoms with E-state index in [2.05, 4.69) is 4.99 Å². The van der Waals surface area contributed by atoms with E-state index >= 15 is 0 Å². The van der Waals surface area contributed by atoms with E-state index in [9.17, 15) is 10.3 Å². The molecular weight excluding hydrogens is 366 g/mol. The quantitative estimate of drug-likeness (QED) is 0.241. The van der Waals surface area contributed by atoms with Crippen LogP contribution in [0, 0.1) is 20.8 Å². The predicted molar refractivity (Wildman–Crippen MR) is 114 cm³/mol. The van der Waals surface area contributed by atoms with Crippen LogP contribution in [0.3, 0.4) is 0 Å². The maximum absolute atomic E-state index is 10.9. The van der Waals surface area contributed by atoms with Crippen LogP contribution in [0.4, 0.5) is 0 Å². The van der Waals surface area contributed by atoms with Crippen molar-refractivity contribution in [3.8, 4) is 11.5 Å². The van der Waals surface area contributed by atoms with Crippen LogP contribution < -0.4 is 10.5 Å². The van der Waals surface area contributed by atoms with Crippen LogP contribution in [-0.2, 0) is 13.0 Å². The minimum absolute atomic E-state index is 0.327. The van der Waals surface area contributed by atoms with E-state index < -0.39 is 5.72 Å². The highest BCUT2D eigenvalue weighted by Gasteiger charge is 2.44. The SMILES string of the molecule is CC(N)=NCc1cccc(/C=[N+](\O)C2(C)CCc3c(C)c(O)c(C)c(C)c3O2)c1. The molecule has 0 amide bonds. The topological polar surface area (TPSA) is 91.1 Å². The van der Waals surface area contributed by atoms with E-state index in [4.69, 9.17) is 10.5 Å². The van der Waals surface area contributed by atoms with Crippen molar-refractivity contribution in [3.05, 3.63) is 57.6 Å². The Kier molecular flexibility index (Phi) is 5.55. The van der Waals surface area contributed by atoms with E-state index in [1.165, 1.54) is 0 Å². The molecule has 6 nitrogen and oxygen atoms in total. The zero-order valence-corrected chi connectivity index (χ0v) is 17.8. The average molecular weight is 397 g/mol. The molecule has 0 aliphatic carbocycles. The number of hydrogen-bond donors (Lipinski definition) is 3. The first-order valence-corrected chi connectivity index (χ1v) is 9.81. The number of amidine groups is 1. The molecule has 2 aromatic rings. The Morgan fingerprint density at radius 2 is 2.00 bits per heavy atom. The maximum atomic E-state index is 10.9. The van der Waals surface area contributed by atoms with Gasteiger partial charge in [-0.1, -0.05) is 12.1 Å². The van der Waals surface area contributed by atoms with Gasteiger partial charge in [-0.3, -0.25) is 10.2 Å². The molecule has 0 saturated carbocycles. The number of hydrogen-bond acceptors (Lipinski definition) is 4. The minimum atomic E-state index is -0.907. The van der Waals surface area contributed by atoms with E-state index in [1.54, 1.807) is 13.1 Å². The highest BCUT2D eigenvalue weighted by atomic mass is 16.6. The van der Waals surface area contributed by atoms with E-state index in [-0.39, 0.29) is 0 Å².